The van der Waals surface area contributed by atoms with Crippen LogP contribution in [-0.2, 0) is 4.74 Å². The third kappa shape index (κ3) is 3.65. The Morgan fingerprint density at radius 1 is 1.43 bits per heavy atom. The number of aromatic nitrogens is 1. The summed E-state index contributed by atoms with van der Waals surface area (Å²) in [5, 5.41) is 21.2. The fourth-order valence-electron chi connectivity index (χ4n) is 2.08. The van der Waals surface area contributed by atoms with Crippen molar-refractivity contribution >= 4 is 22.4 Å². The SMILES string of the molecule is COCC(O)CN(C)c1ccc2cc([N+](=O)[O-])ccc2n1. The number of benzene rings is 1. The topological polar surface area (TPSA) is 88.7 Å². The van der Waals surface area contributed by atoms with Gasteiger partial charge in [0, 0.05) is 38.2 Å². The molecule has 7 heteroatoms. The first-order valence-electron chi connectivity index (χ1n) is 6.44. The minimum Gasteiger partial charge on any atom is -0.389 e. The summed E-state index contributed by atoms with van der Waals surface area (Å²) < 4.78 is 4.89. The normalized spacial score (nSPS) is 12.3. The molecule has 21 heavy (non-hydrogen) atoms. The van der Waals surface area contributed by atoms with Crippen LogP contribution in [0.1, 0.15) is 0 Å². The molecule has 0 bridgehead atoms. The molecule has 0 spiro atoms. The predicted molar refractivity (Wildman–Crippen MR) is 79.6 cm³/mol. The fraction of sp³-hybridized carbons (Fsp3) is 0.357. The van der Waals surface area contributed by atoms with Crippen LogP contribution >= 0.6 is 0 Å². The zero-order valence-electron chi connectivity index (χ0n) is 11.9. The third-order valence-electron chi connectivity index (χ3n) is 3.10. The smallest absolute Gasteiger partial charge is 0.270 e. The van der Waals surface area contributed by atoms with Gasteiger partial charge in [0.15, 0.2) is 0 Å². The van der Waals surface area contributed by atoms with E-state index in [4.69, 9.17) is 4.74 Å². The van der Waals surface area contributed by atoms with Gasteiger partial charge >= 0.3 is 0 Å². The Morgan fingerprint density at radius 2 is 2.19 bits per heavy atom. The Hall–Kier alpha value is -2.25. The first-order chi connectivity index (χ1) is 10.0. The van der Waals surface area contributed by atoms with Gasteiger partial charge in [0.05, 0.1) is 23.2 Å². The summed E-state index contributed by atoms with van der Waals surface area (Å²) in [6, 6.07) is 8.09. The molecule has 1 N–H and O–H groups in total. The molecule has 0 saturated heterocycles. The highest BCUT2D eigenvalue weighted by Gasteiger charge is 2.11. The van der Waals surface area contributed by atoms with E-state index in [1.165, 1.54) is 19.2 Å². The maximum absolute atomic E-state index is 10.7. The van der Waals surface area contributed by atoms with E-state index in [2.05, 4.69) is 4.98 Å². The highest BCUT2D eigenvalue weighted by Crippen LogP contribution is 2.22. The van der Waals surface area contributed by atoms with Crippen molar-refractivity contribution in [2.24, 2.45) is 0 Å². The van der Waals surface area contributed by atoms with Crippen molar-refractivity contribution in [3.63, 3.8) is 0 Å². The summed E-state index contributed by atoms with van der Waals surface area (Å²) in [5.74, 6) is 0.687. The van der Waals surface area contributed by atoms with Crippen LogP contribution in [0.4, 0.5) is 11.5 Å². The molecule has 0 aliphatic carbocycles. The minimum absolute atomic E-state index is 0.0425. The third-order valence-corrected chi connectivity index (χ3v) is 3.10. The van der Waals surface area contributed by atoms with Gasteiger partial charge in [-0.2, -0.15) is 0 Å². The molecule has 1 aromatic carbocycles. The lowest BCUT2D eigenvalue weighted by Gasteiger charge is -2.21. The number of aliphatic hydroxyl groups is 1. The van der Waals surface area contributed by atoms with Crippen molar-refractivity contribution in [2.45, 2.75) is 6.10 Å². The highest BCUT2D eigenvalue weighted by atomic mass is 16.6. The van der Waals surface area contributed by atoms with Gasteiger partial charge in [-0.1, -0.05) is 0 Å². The van der Waals surface area contributed by atoms with E-state index in [0.717, 1.165) is 0 Å². The van der Waals surface area contributed by atoms with Crippen molar-refractivity contribution in [1.82, 2.24) is 4.98 Å². The van der Waals surface area contributed by atoms with Gasteiger partial charge in [0.25, 0.3) is 5.69 Å². The molecule has 0 saturated carbocycles. The number of hydrogen-bond donors (Lipinski definition) is 1. The van der Waals surface area contributed by atoms with Crippen LogP contribution in [0.3, 0.4) is 0 Å². The number of rotatable bonds is 6. The number of pyridine rings is 1. The van der Waals surface area contributed by atoms with Crippen LogP contribution in [0.2, 0.25) is 0 Å². The molecule has 7 nitrogen and oxygen atoms in total. The van der Waals surface area contributed by atoms with Crippen molar-refractivity contribution in [3.8, 4) is 0 Å². The van der Waals surface area contributed by atoms with E-state index < -0.39 is 11.0 Å². The second-order valence-electron chi connectivity index (χ2n) is 4.79. The van der Waals surface area contributed by atoms with E-state index in [1.54, 1.807) is 18.2 Å². The van der Waals surface area contributed by atoms with E-state index >= 15 is 0 Å². The van der Waals surface area contributed by atoms with Crippen molar-refractivity contribution in [1.29, 1.82) is 0 Å². The van der Waals surface area contributed by atoms with Crippen molar-refractivity contribution in [2.75, 3.05) is 32.2 Å². The Kier molecular flexibility index (Phi) is 4.66. The maximum atomic E-state index is 10.7. The number of nitrogens with zero attached hydrogens (tertiary/aromatic N) is 3. The van der Waals surface area contributed by atoms with Crippen LogP contribution in [0.25, 0.3) is 10.9 Å². The summed E-state index contributed by atoms with van der Waals surface area (Å²) in [6.07, 6.45) is -0.602. The first kappa shape index (κ1) is 15.1. The fourth-order valence-corrected chi connectivity index (χ4v) is 2.08. The number of aliphatic hydroxyl groups excluding tert-OH is 1. The summed E-state index contributed by atoms with van der Waals surface area (Å²) in [6.45, 7) is 0.642. The van der Waals surface area contributed by atoms with Gasteiger partial charge in [-0.05, 0) is 18.2 Å². The quantitative estimate of drug-likeness (QED) is 0.642. The van der Waals surface area contributed by atoms with Gasteiger partial charge in [0.1, 0.15) is 5.82 Å². The molecule has 0 fully saturated rings. The molecule has 1 aromatic heterocycles. The lowest BCUT2D eigenvalue weighted by molar-refractivity contribution is -0.384. The molecule has 2 rings (SSSR count). The maximum Gasteiger partial charge on any atom is 0.270 e. The average Bonchev–Trinajstić information content (AvgIpc) is 2.46. The molecule has 2 aromatic rings. The van der Waals surface area contributed by atoms with Gasteiger partial charge in [-0.15, -0.1) is 0 Å². The van der Waals surface area contributed by atoms with E-state index in [9.17, 15) is 15.2 Å². The van der Waals surface area contributed by atoms with E-state index in [-0.39, 0.29) is 12.3 Å². The Labute approximate surface area is 121 Å². The molecule has 0 amide bonds. The van der Waals surface area contributed by atoms with E-state index in [0.29, 0.717) is 23.3 Å². The summed E-state index contributed by atoms with van der Waals surface area (Å²) in [7, 11) is 3.35. The number of fused-ring (bicyclic) bond motifs is 1. The van der Waals surface area contributed by atoms with E-state index in [1.807, 2.05) is 11.9 Å². The van der Waals surface area contributed by atoms with Gasteiger partial charge in [0.2, 0.25) is 0 Å². The minimum atomic E-state index is -0.602. The van der Waals surface area contributed by atoms with Crippen molar-refractivity contribution in [3.05, 3.63) is 40.4 Å². The molecule has 1 atom stereocenters. The number of nitro benzene ring substituents is 1. The standard InChI is InChI=1S/C14H17N3O4/c1-16(8-12(18)9-21-2)14-6-3-10-7-11(17(19)20)4-5-13(10)15-14/h3-7,12,18H,8-9H2,1-2H3. The summed E-state index contributed by atoms with van der Waals surface area (Å²) in [4.78, 5) is 16.6. The molecular weight excluding hydrogens is 274 g/mol. The van der Waals surface area contributed by atoms with Crippen LogP contribution in [0.15, 0.2) is 30.3 Å². The van der Waals surface area contributed by atoms with Gasteiger partial charge in [-0.3, -0.25) is 10.1 Å². The molecular formula is C14H17N3O4. The van der Waals surface area contributed by atoms with Crippen LogP contribution in [0, 0.1) is 10.1 Å². The summed E-state index contributed by atoms with van der Waals surface area (Å²) in [5.41, 5.74) is 0.715. The molecule has 0 aliphatic heterocycles. The second kappa shape index (κ2) is 6.47. The largest absolute Gasteiger partial charge is 0.389 e. The predicted octanol–water partition coefficient (Wildman–Crippen LogP) is 1.59. The Balaban J connectivity index is 2.22. The number of ether oxygens (including phenoxy) is 1. The van der Waals surface area contributed by atoms with Gasteiger partial charge < -0.3 is 14.7 Å². The number of nitro groups is 1. The summed E-state index contributed by atoms with van der Waals surface area (Å²) >= 11 is 0. The zero-order chi connectivity index (χ0) is 15.4. The molecule has 0 radical (unpaired) electrons. The van der Waals surface area contributed by atoms with Crippen LogP contribution in [-0.4, -0.2) is 48.4 Å². The Bertz CT molecular complexity index is 647. The lowest BCUT2D eigenvalue weighted by Crippen LogP contribution is -2.32. The second-order valence-corrected chi connectivity index (χ2v) is 4.79. The highest BCUT2D eigenvalue weighted by molar-refractivity contribution is 5.82. The van der Waals surface area contributed by atoms with Gasteiger partial charge in [-0.25, -0.2) is 4.98 Å². The molecule has 112 valence electrons. The first-order valence-corrected chi connectivity index (χ1v) is 6.44. The number of hydrogen-bond acceptors (Lipinski definition) is 6. The zero-order valence-corrected chi connectivity index (χ0v) is 11.9. The monoisotopic (exact) mass is 291 g/mol. The Morgan fingerprint density at radius 3 is 2.86 bits per heavy atom. The lowest BCUT2D eigenvalue weighted by atomic mass is 10.2. The molecule has 0 aliphatic rings. The number of methoxy groups -OCH3 is 1. The van der Waals surface area contributed by atoms with Crippen LogP contribution in [0.5, 0.6) is 0 Å². The van der Waals surface area contributed by atoms with Crippen molar-refractivity contribution < 1.29 is 14.8 Å². The number of non-ortho nitro benzene ring substituents is 1. The molecule has 1 unspecified atom stereocenters. The average molecular weight is 291 g/mol. The molecule has 1 heterocycles. The number of likely N-dealkylation sites (N-methyl/N-ethyl adjacent to an activating group) is 1. The van der Waals surface area contributed by atoms with Crippen LogP contribution < -0.4 is 4.90 Å². The number of anilines is 1.